The zero-order valence-corrected chi connectivity index (χ0v) is 24.3. The maximum atomic E-state index is 13.7. The Bertz CT molecular complexity index is 1500. The molecule has 212 valence electrons. The zero-order chi connectivity index (χ0) is 29.0. The van der Waals surface area contributed by atoms with Crippen molar-refractivity contribution in [1.29, 1.82) is 0 Å². The normalized spacial score (nSPS) is 20.9. The fourth-order valence-electron chi connectivity index (χ4n) is 5.54. The van der Waals surface area contributed by atoms with Crippen LogP contribution in [-0.4, -0.2) is 69.8 Å². The van der Waals surface area contributed by atoms with Crippen LogP contribution in [0, 0.1) is 11.2 Å². The highest BCUT2D eigenvalue weighted by molar-refractivity contribution is 6.33. The average molecular weight is 589 g/mol. The number of piperazine rings is 1. The lowest BCUT2D eigenvalue weighted by Gasteiger charge is -2.69. The number of hydrogen-bond donors (Lipinski definition) is 3. The van der Waals surface area contributed by atoms with E-state index in [1.807, 2.05) is 27.7 Å². The minimum Gasteiger partial charge on any atom is -0.351 e. The van der Waals surface area contributed by atoms with Gasteiger partial charge in [-0.3, -0.25) is 14.4 Å². The Kier molecular flexibility index (Phi) is 7.35. The van der Waals surface area contributed by atoms with Gasteiger partial charge in [0.25, 0.3) is 5.91 Å². The van der Waals surface area contributed by atoms with Gasteiger partial charge in [0, 0.05) is 40.6 Å². The Balaban J connectivity index is 1.19. The lowest BCUT2D eigenvalue weighted by molar-refractivity contribution is -0.206. The topological polar surface area (TPSA) is 97.5 Å². The zero-order valence-electron chi connectivity index (χ0n) is 22.8. The molecule has 8 nitrogen and oxygen atoms in total. The van der Waals surface area contributed by atoms with Crippen molar-refractivity contribution in [2.75, 3.05) is 19.6 Å². The van der Waals surface area contributed by atoms with E-state index in [1.54, 1.807) is 40.1 Å². The smallest absolute Gasteiger partial charge is 0.268 e. The van der Waals surface area contributed by atoms with Crippen LogP contribution in [0.2, 0.25) is 10.0 Å². The fourth-order valence-corrected chi connectivity index (χ4v) is 5.92. The maximum absolute atomic E-state index is 13.7. The van der Waals surface area contributed by atoms with Gasteiger partial charge in [0.15, 0.2) is 0 Å². The summed E-state index contributed by atoms with van der Waals surface area (Å²) in [5, 5.41) is 7.75. The number of hydrogen-bond acceptors (Lipinski definition) is 4. The number of carbonyl (C=O) groups excluding carboxylic acids is 3. The molecule has 1 aromatic heterocycles. The van der Waals surface area contributed by atoms with E-state index in [2.05, 4.69) is 15.6 Å². The molecule has 3 atom stereocenters. The highest BCUT2D eigenvalue weighted by atomic mass is 35.5. The van der Waals surface area contributed by atoms with Crippen LogP contribution in [0.5, 0.6) is 0 Å². The molecular weight excluding hydrogens is 556 g/mol. The fraction of sp³-hybridized carbons (Fsp3) is 0.414. The van der Waals surface area contributed by atoms with E-state index in [4.69, 9.17) is 23.2 Å². The van der Waals surface area contributed by atoms with Gasteiger partial charge in [-0.25, -0.2) is 4.39 Å². The Morgan fingerprint density at radius 2 is 1.90 bits per heavy atom. The van der Waals surface area contributed by atoms with Crippen LogP contribution in [0.4, 0.5) is 4.39 Å². The molecule has 0 bridgehead atoms. The Morgan fingerprint density at radius 3 is 2.58 bits per heavy atom. The summed E-state index contributed by atoms with van der Waals surface area (Å²) in [5.41, 5.74) is 0.633. The number of aromatic amines is 1. The number of aromatic nitrogens is 1. The van der Waals surface area contributed by atoms with Crippen molar-refractivity contribution in [2.45, 2.75) is 51.9 Å². The Morgan fingerprint density at radius 1 is 1.15 bits per heavy atom. The SMILES string of the molecule is CC(C)(C)C(NC(=O)c1cc2cc(F)ccc2[nH]1)C(=O)N1C[C@H]2N(C(=O)CNCc3cc(Cl)ccc3Cl)CC21C. The molecule has 0 aliphatic carbocycles. The second-order valence-corrected chi connectivity index (χ2v) is 12.7. The maximum Gasteiger partial charge on any atom is 0.268 e. The van der Waals surface area contributed by atoms with Crippen molar-refractivity contribution in [3.8, 4) is 0 Å². The standard InChI is InChI=1S/C29H32Cl2FN5O3/c1-28(2,3)25(35-26(39)22-11-16-10-19(32)6-8-21(16)34-22)27(40)37-14-23-29(37,4)15-36(23)24(38)13-33-12-17-9-18(30)5-7-20(17)31/h5-11,23,25,33-34H,12-15H2,1-4H3,(H,35,39)/t23-,25?,29?/m1/s1. The van der Waals surface area contributed by atoms with E-state index in [0.29, 0.717) is 40.6 Å². The van der Waals surface area contributed by atoms with E-state index in [0.717, 1.165) is 5.56 Å². The molecule has 2 aliphatic heterocycles. The second kappa shape index (κ2) is 10.4. The van der Waals surface area contributed by atoms with E-state index < -0.39 is 28.7 Å². The minimum atomic E-state index is -0.796. The number of carbonyl (C=O) groups is 3. The van der Waals surface area contributed by atoms with Crippen molar-refractivity contribution in [1.82, 2.24) is 25.4 Å². The number of amides is 3. The molecule has 40 heavy (non-hydrogen) atoms. The van der Waals surface area contributed by atoms with E-state index in [-0.39, 0.29) is 30.1 Å². The van der Waals surface area contributed by atoms with Gasteiger partial charge in [0.1, 0.15) is 17.6 Å². The molecule has 2 aliphatic rings. The Labute approximate surface area is 242 Å². The summed E-state index contributed by atoms with van der Waals surface area (Å²) in [7, 11) is 0. The summed E-state index contributed by atoms with van der Waals surface area (Å²) < 4.78 is 13.6. The minimum absolute atomic E-state index is 0.0522. The molecule has 2 unspecified atom stereocenters. The number of fused-ring (bicyclic) bond motifs is 2. The highest BCUT2D eigenvalue weighted by Crippen LogP contribution is 2.45. The molecule has 2 saturated heterocycles. The first-order valence-electron chi connectivity index (χ1n) is 13.1. The van der Waals surface area contributed by atoms with Crippen molar-refractivity contribution in [3.63, 3.8) is 0 Å². The summed E-state index contributed by atoms with van der Waals surface area (Å²) in [5.74, 6) is -1.08. The highest BCUT2D eigenvalue weighted by Gasteiger charge is 2.65. The summed E-state index contributed by atoms with van der Waals surface area (Å²) in [6.45, 7) is 9.01. The lowest BCUT2D eigenvalue weighted by atomic mass is 9.70. The largest absolute Gasteiger partial charge is 0.351 e. The van der Waals surface area contributed by atoms with Gasteiger partial charge in [0.2, 0.25) is 11.8 Å². The van der Waals surface area contributed by atoms with Gasteiger partial charge in [-0.1, -0.05) is 44.0 Å². The summed E-state index contributed by atoms with van der Waals surface area (Å²) in [6, 6.07) is 10.1. The predicted octanol–water partition coefficient (Wildman–Crippen LogP) is 4.36. The van der Waals surface area contributed by atoms with Crippen molar-refractivity contribution >= 4 is 51.8 Å². The van der Waals surface area contributed by atoms with Crippen LogP contribution in [0.25, 0.3) is 10.9 Å². The van der Waals surface area contributed by atoms with Crippen molar-refractivity contribution < 1.29 is 18.8 Å². The van der Waals surface area contributed by atoms with E-state index >= 15 is 0 Å². The first-order valence-corrected chi connectivity index (χ1v) is 13.9. The van der Waals surface area contributed by atoms with Crippen molar-refractivity contribution in [3.05, 3.63) is 69.6 Å². The van der Waals surface area contributed by atoms with Crippen LogP contribution >= 0.6 is 23.2 Å². The molecule has 2 aromatic carbocycles. The van der Waals surface area contributed by atoms with Crippen LogP contribution in [-0.2, 0) is 16.1 Å². The lowest BCUT2D eigenvalue weighted by Crippen LogP contribution is -2.89. The third-order valence-corrected chi connectivity index (χ3v) is 8.56. The molecule has 11 heteroatoms. The quantitative estimate of drug-likeness (QED) is 0.382. The number of nitrogens with zero attached hydrogens (tertiary/aromatic N) is 2. The van der Waals surface area contributed by atoms with Gasteiger partial charge in [-0.2, -0.15) is 0 Å². The molecule has 3 heterocycles. The van der Waals surface area contributed by atoms with Crippen LogP contribution < -0.4 is 10.6 Å². The van der Waals surface area contributed by atoms with E-state index in [1.165, 1.54) is 12.1 Å². The molecule has 0 saturated carbocycles. The molecule has 3 aromatic rings. The number of halogens is 3. The molecule has 0 radical (unpaired) electrons. The molecule has 2 fully saturated rings. The van der Waals surface area contributed by atoms with E-state index in [9.17, 15) is 18.8 Å². The monoisotopic (exact) mass is 587 g/mol. The summed E-state index contributed by atoms with van der Waals surface area (Å²) in [4.78, 5) is 46.3. The number of likely N-dealkylation sites (tertiary alicyclic amines) is 2. The van der Waals surface area contributed by atoms with Gasteiger partial charge in [-0.05, 0) is 60.4 Å². The van der Waals surface area contributed by atoms with Gasteiger partial charge >= 0.3 is 0 Å². The molecule has 0 spiro atoms. The molecule has 3 N–H and O–H groups in total. The molecule has 3 amide bonds. The predicted molar refractivity (Wildman–Crippen MR) is 153 cm³/mol. The van der Waals surface area contributed by atoms with Gasteiger partial charge < -0.3 is 25.4 Å². The number of H-pyrrole nitrogens is 1. The average Bonchev–Trinajstić information content (AvgIpc) is 3.30. The van der Waals surface area contributed by atoms with Gasteiger partial charge in [0.05, 0.1) is 18.1 Å². The molecule has 5 rings (SSSR count). The number of rotatable bonds is 7. The third-order valence-electron chi connectivity index (χ3n) is 7.96. The number of benzene rings is 2. The third kappa shape index (κ3) is 5.18. The number of nitrogens with one attached hydrogen (secondary N) is 3. The second-order valence-electron chi connectivity index (χ2n) is 11.9. The van der Waals surface area contributed by atoms with Crippen LogP contribution in [0.15, 0.2) is 42.5 Å². The Hall–Kier alpha value is -3.14. The van der Waals surface area contributed by atoms with Gasteiger partial charge in [-0.15, -0.1) is 0 Å². The molecular formula is C29H32Cl2FN5O3. The van der Waals surface area contributed by atoms with Crippen LogP contribution in [0.1, 0.15) is 43.7 Å². The first-order chi connectivity index (χ1) is 18.8. The summed E-state index contributed by atoms with van der Waals surface area (Å²) >= 11 is 12.2. The summed E-state index contributed by atoms with van der Waals surface area (Å²) in [6.07, 6.45) is 0. The first kappa shape index (κ1) is 28.4. The van der Waals surface area contributed by atoms with Crippen molar-refractivity contribution in [2.24, 2.45) is 5.41 Å². The van der Waals surface area contributed by atoms with Crippen LogP contribution in [0.3, 0.4) is 0 Å².